The van der Waals surface area contributed by atoms with Crippen molar-refractivity contribution in [3.8, 4) is 0 Å². The Labute approximate surface area is 135 Å². The van der Waals surface area contributed by atoms with Crippen molar-refractivity contribution in [2.75, 3.05) is 11.4 Å². The van der Waals surface area contributed by atoms with Crippen molar-refractivity contribution in [2.45, 2.75) is 33.4 Å². The van der Waals surface area contributed by atoms with E-state index >= 15 is 0 Å². The molecule has 3 rings (SSSR count). The van der Waals surface area contributed by atoms with Gasteiger partial charge in [0, 0.05) is 24.5 Å². The average molecular weight is 310 g/mol. The number of hydrogen-bond acceptors (Lipinski definition) is 3. The van der Waals surface area contributed by atoms with Gasteiger partial charge in [-0.05, 0) is 45.0 Å². The lowest BCUT2D eigenvalue weighted by Crippen LogP contribution is -2.36. The lowest BCUT2D eigenvalue weighted by molar-refractivity contribution is 0.555. The maximum absolute atomic E-state index is 12.3. The molecule has 1 aromatic carbocycles. The SMILES string of the molecule is Cc1ccc(N(CCn2nc3ccccn3c2=O)C(C)C)cc1. The van der Waals surface area contributed by atoms with E-state index in [-0.39, 0.29) is 5.69 Å². The molecule has 5 nitrogen and oxygen atoms in total. The summed E-state index contributed by atoms with van der Waals surface area (Å²) in [7, 11) is 0. The standard InChI is InChI=1S/C18H22N4O/c1-14(2)20(16-9-7-15(3)8-10-16)12-13-22-18(23)21-11-5-4-6-17(21)19-22/h4-11,14H,12-13H2,1-3H3. The van der Waals surface area contributed by atoms with Crippen molar-refractivity contribution in [1.82, 2.24) is 14.2 Å². The molecule has 0 saturated heterocycles. The van der Waals surface area contributed by atoms with Crippen LogP contribution in [0.2, 0.25) is 0 Å². The maximum atomic E-state index is 12.3. The van der Waals surface area contributed by atoms with Gasteiger partial charge in [0.2, 0.25) is 0 Å². The van der Waals surface area contributed by atoms with Gasteiger partial charge in [0.05, 0.1) is 6.54 Å². The van der Waals surface area contributed by atoms with Gasteiger partial charge in [0.1, 0.15) is 0 Å². The summed E-state index contributed by atoms with van der Waals surface area (Å²) in [6, 6.07) is 14.4. The van der Waals surface area contributed by atoms with Gasteiger partial charge in [-0.25, -0.2) is 9.48 Å². The van der Waals surface area contributed by atoms with Crippen molar-refractivity contribution in [3.05, 3.63) is 64.7 Å². The molecule has 0 spiro atoms. The van der Waals surface area contributed by atoms with E-state index in [0.29, 0.717) is 18.2 Å². The van der Waals surface area contributed by atoms with Gasteiger partial charge in [-0.1, -0.05) is 23.8 Å². The third-order valence-electron chi connectivity index (χ3n) is 4.03. The van der Waals surface area contributed by atoms with Crippen LogP contribution in [0, 0.1) is 6.92 Å². The summed E-state index contributed by atoms with van der Waals surface area (Å²) in [5.74, 6) is 0. The number of benzene rings is 1. The van der Waals surface area contributed by atoms with Crippen LogP contribution in [-0.2, 0) is 6.54 Å². The number of nitrogens with zero attached hydrogens (tertiary/aromatic N) is 4. The summed E-state index contributed by atoms with van der Waals surface area (Å²) >= 11 is 0. The maximum Gasteiger partial charge on any atom is 0.350 e. The number of pyridine rings is 1. The minimum atomic E-state index is -0.0896. The van der Waals surface area contributed by atoms with Crippen LogP contribution in [0.5, 0.6) is 0 Å². The zero-order valence-electron chi connectivity index (χ0n) is 13.8. The molecule has 0 amide bonds. The van der Waals surface area contributed by atoms with Crippen molar-refractivity contribution in [2.24, 2.45) is 0 Å². The highest BCUT2D eigenvalue weighted by atomic mass is 16.2. The lowest BCUT2D eigenvalue weighted by atomic mass is 10.2. The van der Waals surface area contributed by atoms with E-state index in [0.717, 1.165) is 6.54 Å². The lowest BCUT2D eigenvalue weighted by Gasteiger charge is -2.29. The van der Waals surface area contributed by atoms with E-state index in [9.17, 15) is 4.79 Å². The molecule has 3 aromatic rings. The van der Waals surface area contributed by atoms with Crippen LogP contribution in [0.25, 0.3) is 5.65 Å². The summed E-state index contributed by atoms with van der Waals surface area (Å²) < 4.78 is 3.12. The second-order valence-electron chi connectivity index (χ2n) is 6.06. The smallest absolute Gasteiger partial charge is 0.350 e. The summed E-state index contributed by atoms with van der Waals surface area (Å²) in [6.07, 6.45) is 1.75. The third kappa shape index (κ3) is 3.13. The molecule has 0 fully saturated rings. The molecule has 0 aliphatic rings. The van der Waals surface area contributed by atoms with Gasteiger partial charge in [0.15, 0.2) is 5.65 Å². The predicted octanol–water partition coefficient (Wildman–Crippen LogP) is 2.72. The first-order chi connectivity index (χ1) is 11.1. The quantitative estimate of drug-likeness (QED) is 0.728. The summed E-state index contributed by atoms with van der Waals surface area (Å²) in [4.78, 5) is 14.6. The minimum Gasteiger partial charge on any atom is -0.367 e. The second kappa shape index (κ2) is 6.28. The number of aryl methyl sites for hydroxylation is 1. The predicted molar refractivity (Wildman–Crippen MR) is 93.1 cm³/mol. The van der Waals surface area contributed by atoms with Crippen molar-refractivity contribution >= 4 is 11.3 Å². The first kappa shape index (κ1) is 15.3. The number of rotatable bonds is 5. The van der Waals surface area contributed by atoms with E-state index in [1.165, 1.54) is 11.3 Å². The minimum absolute atomic E-state index is 0.0896. The molecule has 2 heterocycles. The molecule has 0 radical (unpaired) electrons. The molecule has 0 aliphatic carbocycles. The summed E-state index contributed by atoms with van der Waals surface area (Å²) in [5, 5.41) is 4.39. The van der Waals surface area contributed by atoms with Crippen LogP contribution < -0.4 is 10.6 Å². The zero-order chi connectivity index (χ0) is 16.4. The third-order valence-corrected chi connectivity index (χ3v) is 4.03. The van der Waals surface area contributed by atoms with Gasteiger partial charge >= 0.3 is 5.69 Å². The normalized spacial score (nSPS) is 11.3. The highest BCUT2D eigenvalue weighted by molar-refractivity contribution is 5.48. The van der Waals surface area contributed by atoms with Gasteiger partial charge in [-0.15, -0.1) is 5.10 Å². The molecule has 0 N–H and O–H groups in total. The van der Waals surface area contributed by atoms with E-state index in [1.807, 2.05) is 18.2 Å². The monoisotopic (exact) mass is 310 g/mol. The molecule has 0 atom stereocenters. The van der Waals surface area contributed by atoms with Crippen molar-refractivity contribution < 1.29 is 0 Å². The molecular formula is C18H22N4O. The average Bonchev–Trinajstić information content (AvgIpc) is 2.86. The number of fused-ring (bicyclic) bond motifs is 1. The number of aromatic nitrogens is 3. The van der Waals surface area contributed by atoms with Crippen LogP contribution in [-0.4, -0.2) is 26.8 Å². The fraction of sp³-hybridized carbons (Fsp3) is 0.333. The van der Waals surface area contributed by atoms with E-state index < -0.39 is 0 Å². The molecule has 0 saturated carbocycles. The molecule has 23 heavy (non-hydrogen) atoms. The first-order valence-electron chi connectivity index (χ1n) is 7.94. The highest BCUT2D eigenvalue weighted by Crippen LogP contribution is 2.17. The Morgan fingerprint density at radius 3 is 2.52 bits per heavy atom. The molecular weight excluding hydrogens is 288 g/mol. The van der Waals surface area contributed by atoms with Gasteiger partial charge in [-0.3, -0.25) is 4.40 Å². The van der Waals surface area contributed by atoms with Crippen molar-refractivity contribution in [3.63, 3.8) is 0 Å². The molecule has 5 heteroatoms. The zero-order valence-corrected chi connectivity index (χ0v) is 13.8. The van der Waals surface area contributed by atoms with Crippen LogP contribution in [0.3, 0.4) is 0 Å². The molecule has 0 bridgehead atoms. The Morgan fingerprint density at radius 1 is 1.13 bits per heavy atom. The topological polar surface area (TPSA) is 42.5 Å². The number of hydrogen-bond donors (Lipinski definition) is 0. The van der Waals surface area contributed by atoms with Crippen LogP contribution in [0.15, 0.2) is 53.5 Å². The summed E-state index contributed by atoms with van der Waals surface area (Å²) in [6.45, 7) is 7.70. The Kier molecular flexibility index (Phi) is 4.19. The van der Waals surface area contributed by atoms with E-state index in [4.69, 9.17) is 0 Å². The van der Waals surface area contributed by atoms with Crippen LogP contribution in [0.1, 0.15) is 19.4 Å². The van der Waals surface area contributed by atoms with Crippen LogP contribution >= 0.6 is 0 Å². The Bertz CT molecular complexity index is 845. The fourth-order valence-corrected chi connectivity index (χ4v) is 2.74. The van der Waals surface area contributed by atoms with E-state index in [1.54, 1.807) is 15.3 Å². The molecule has 0 unspecified atom stereocenters. The molecule has 0 aliphatic heterocycles. The van der Waals surface area contributed by atoms with Gasteiger partial charge < -0.3 is 4.90 Å². The van der Waals surface area contributed by atoms with Gasteiger partial charge in [0.25, 0.3) is 0 Å². The molecule has 120 valence electrons. The highest BCUT2D eigenvalue weighted by Gasteiger charge is 2.12. The van der Waals surface area contributed by atoms with Crippen molar-refractivity contribution in [1.29, 1.82) is 0 Å². The fourth-order valence-electron chi connectivity index (χ4n) is 2.74. The second-order valence-corrected chi connectivity index (χ2v) is 6.06. The Balaban J connectivity index is 1.82. The summed E-state index contributed by atoms with van der Waals surface area (Å²) in [5.41, 5.74) is 3.01. The number of anilines is 1. The molecule has 2 aromatic heterocycles. The Hall–Kier alpha value is -2.56. The first-order valence-corrected chi connectivity index (χ1v) is 7.94. The van der Waals surface area contributed by atoms with Crippen LogP contribution in [0.4, 0.5) is 5.69 Å². The largest absolute Gasteiger partial charge is 0.367 e. The van der Waals surface area contributed by atoms with E-state index in [2.05, 4.69) is 55.0 Å². The van der Waals surface area contributed by atoms with Gasteiger partial charge in [-0.2, -0.15) is 0 Å². The Morgan fingerprint density at radius 2 is 1.87 bits per heavy atom.